The van der Waals surface area contributed by atoms with Gasteiger partial charge in [-0.3, -0.25) is 4.79 Å². The number of hydrogen-bond donors (Lipinski definition) is 2. The lowest BCUT2D eigenvalue weighted by atomic mass is 10.0. The number of benzene rings is 1. The molecule has 0 fully saturated rings. The minimum atomic E-state index is -4.64. The van der Waals surface area contributed by atoms with Gasteiger partial charge in [-0.05, 0) is 31.0 Å². The van der Waals surface area contributed by atoms with Crippen molar-refractivity contribution in [3.8, 4) is 0 Å². The van der Waals surface area contributed by atoms with E-state index in [0.29, 0.717) is 18.9 Å². The van der Waals surface area contributed by atoms with E-state index in [1.165, 1.54) is 0 Å². The van der Waals surface area contributed by atoms with Crippen LogP contribution in [0.3, 0.4) is 0 Å². The summed E-state index contributed by atoms with van der Waals surface area (Å²) in [6, 6.07) is 2.23. The number of carboxylic acid groups (broad SMARTS) is 1. The number of halogens is 3. The lowest BCUT2D eigenvalue weighted by Gasteiger charge is -2.15. The first kappa shape index (κ1) is 17.0. The van der Waals surface area contributed by atoms with Crippen LogP contribution in [-0.4, -0.2) is 17.0 Å². The van der Waals surface area contributed by atoms with Crippen molar-refractivity contribution in [1.82, 2.24) is 0 Å². The summed E-state index contributed by atoms with van der Waals surface area (Å²) in [4.78, 5) is 23.0. The summed E-state index contributed by atoms with van der Waals surface area (Å²) in [6.07, 6.45) is -3.52. The Balaban J connectivity index is 3.13. The molecule has 0 aliphatic carbocycles. The molecular formula is C14H16F3NO3. The van der Waals surface area contributed by atoms with Gasteiger partial charge >= 0.3 is 12.1 Å². The van der Waals surface area contributed by atoms with E-state index in [-0.39, 0.29) is 11.6 Å². The molecule has 4 nitrogen and oxygen atoms in total. The lowest BCUT2D eigenvalue weighted by molar-refractivity contribution is -0.137. The van der Waals surface area contributed by atoms with Gasteiger partial charge in [0.05, 0.1) is 16.8 Å². The number of amides is 1. The van der Waals surface area contributed by atoms with Gasteiger partial charge in [0.2, 0.25) is 5.91 Å². The number of hydrogen-bond acceptors (Lipinski definition) is 2. The number of carbonyl (C=O) groups excluding carboxylic acids is 1. The number of carbonyl (C=O) groups is 2. The average molecular weight is 303 g/mol. The fourth-order valence-corrected chi connectivity index (χ4v) is 1.90. The topological polar surface area (TPSA) is 66.4 Å². The molecule has 1 rings (SSSR count). The fraction of sp³-hybridized carbons (Fsp3) is 0.429. The molecule has 1 aromatic rings. The number of alkyl halides is 3. The van der Waals surface area contributed by atoms with Crippen LogP contribution in [0.5, 0.6) is 0 Å². The van der Waals surface area contributed by atoms with Crippen molar-refractivity contribution in [2.75, 3.05) is 5.32 Å². The lowest BCUT2D eigenvalue weighted by Crippen LogP contribution is -2.23. The Kier molecular flexibility index (Phi) is 5.34. The van der Waals surface area contributed by atoms with Crippen LogP contribution in [0.15, 0.2) is 18.2 Å². The predicted octanol–water partition coefficient (Wildman–Crippen LogP) is 3.78. The fourth-order valence-electron chi connectivity index (χ4n) is 1.90. The second-order valence-electron chi connectivity index (χ2n) is 4.57. The summed E-state index contributed by atoms with van der Waals surface area (Å²) < 4.78 is 37.7. The monoisotopic (exact) mass is 303 g/mol. The van der Waals surface area contributed by atoms with Crippen molar-refractivity contribution in [2.45, 2.75) is 32.9 Å². The van der Waals surface area contributed by atoms with Crippen molar-refractivity contribution in [2.24, 2.45) is 5.92 Å². The first-order valence-electron chi connectivity index (χ1n) is 6.46. The summed E-state index contributed by atoms with van der Waals surface area (Å²) >= 11 is 0. The summed E-state index contributed by atoms with van der Waals surface area (Å²) in [6.45, 7) is 3.61. The van der Waals surface area contributed by atoms with Crippen LogP contribution in [0.1, 0.15) is 42.6 Å². The molecule has 1 aromatic carbocycles. The van der Waals surface area contributed by atoms with E-state index < -0.39 is 29.2 Å². The van der Waals surface area contributed by atoms with Gasteiger partial charge in [-0.2, -0.15) is 13.2 Å². The molecule has 1 amide bonds. The van der Waals surface area contributed by atoms with Gasteiger partial charge in [-0.25, -0.2) is 4.79 Å². The van der Waals surface area contributed by atoms with Crippen molar-refractivity contribution >= 4 is 17.6 Å². The van der Waals surface area contributed by atoms with Crippen LogP contribution < -0.4 is 5.32 Å². The van der Waals surface area contributed by atoms with E-state index in [1.807, 2.05) is 0 Å². The maximum Gasteiger partial charge on any atom is 0.416 e. The first-order valence-corrected chi connectivity index (χ1v) is 6.46. The molecular weight excluding hydrogens is 287 g/mol. The smallest absolute Gasteiger partial charge is 0.416 e. The molecule has 0 aromatic heterocycles. The van der Waals surface area contributed by atoms with Crippen molar-refractivity contribution in [3.63, 3.8) is 0 Å². The number of aromatic carboxylic acids is 1. The van der Waals surface area contributed by atoms with Gasteiger partial charge in [-0.15, -0.1) is 0 Å². The number of anilines is 1. The minimum absolute atomic E-state index is 0.132. The summed E-state index contributed by atoms with van der Waals surface area (Å²) in [5, 5.41) is 11.4. The molecule has 21 heavy (non-hydrogen) atoms. The predicted molar refractivity (Wildman–Crippen MR) is 71.1 cm³/mol. The van der Waals surface area contributed by atoms with E-state index in [9.17, 15) is 22.8 Å². The molecule has 0 bridgehead atoms. The Hall–Kier alpha value is -2.05. The Labute approximate surface area is 120 Å². The highest BCUT2D eigenvalue weighted by atomic mass is 19.4. The quantitative estimate of drug-likeness (QED) is 0.870. The highest BCUT2D eigenvalue weighted by Gasteiger charge is 2.32. The maximum atomic E-state index is 12.6. The number of carboxylic acids is 1. The minimum Gasteiger partial charge on any atom is -0.478 e. The van der Waals surface area contributed by atoms with E-state index in [4.69, 9.17) is 5.11 Å². The Morgan fingerprint density at radius 3 is 2.24 bits per heavy atom. The van der Waals surface area contributed by atoms with E-state index in [2.05, 4.69) is 5.32 Å². The second-order valence-corrected chi connectivity index (χ2v) is 4.57. The van der Waals surface area contributed by atoms with Crippen molar-refractivity contribution in [3.05, 3.63) is 29.3 Å². The van der Waals surface area contributed by atoms with Crippen LogP contribution in [0.25, 0.3) is 0 Å². The molecule has 0 radical (unpaired) electrons. The van der Waals surface area contributed by atoms with Crippen molar-refractivity contribution < 1.29 is 27.9 Å². The SMILES string of the molecule is CCC(CC)C(=O)Nc1ccc(C(F)(F)F)cc1C(=O)O. The molecule has 0 unspecified atom stereocenters. The third-order valence-corrected chi connectivity index (χ3v) is 3.19. The average Bonchev–Trinajstić information content (AvgIpc) is 2.38. The zero-order valence-electron chi connectivity index (χ0n) is 11.6. The zero-order chi connectivity index (χ0) is 16.2. The standard InChI is InChI=1S/C14H16F3NO3/c1-3-8(4-2)12(19)18-11-6-5-9(14(15,16)17)7-10(11)13(20)21/h5-8H,3-4H2,1-2H3,(H,18,19)(H,20,21). The Morgan fingerprint density at radius 2 is 1.81 bits per heavy atom. The molecule has 2 N–H and O–H groups in total. The molecule has 0 spiro atoms. The highest BCUT2D eigenvalue weighted by molar-refractivity contribution is 6.01. The van der Waals surface area contributed by atoms with Crippen LogP contribution >= 0.6 is 0 Å². The molecule has 0 heterocycles. The molecule has 0 atom stereocenters. The van der Waals surface area contributed by atoms with Gasteiger partial charge in [0, 0.05) is 5.92 Å². The van der Waals surface area contributed by atoms with Crippen LogP contribution in [-0.2, 0) is 11.0 Å². The Bertz CT molecular complexity index is 537. The van der Waals surface area contributed by atoms with E-state index >= 15 is 0 Å². The third-order valence-electron chi connectivity index (χ3n) is 3.19. The largest absolute Gasteiger partial charge is 0.478 e. The molecule has 116 valence electrons. The molecule has 0 saturated carbocycles. The first-order chi connectivity index (χ1) is 9.70. The molecule has 7 heteroatoms. The van der Waals surface area contributed by atoms with Gasteiger partial charge in [0.1, 0.15) is 0 Å². The third kappa shape index (κ3) is 4.21. The van der Waals surface area contributed by atoms with Crippen molar-refractivity contribution in [1.29, 1.82) is 0 Å². The van der Waals surface area contributed by atoms with Gasteiger partial charge in [-0.1, -0.05) is 13.8 Å². The van der Waals surface area contributed by atoms with Gasteiger partial charge < -0.3 is 10.4 Å². The van der Waals surface area contributed by atoms with E-state index in [0.717, 1.165) is 12.1 Å². The molecule has 0 aliphatic rings. The Morgan fingerprint density at radius 1 is 1.24 bits per heavy atom. The molecule has 0 saturated heterocycles. The summed E-state index contributed by atoms with van der Waals surface area (Å²) in [7, 11) is 0. The van der Waals surface area contributed by atoms with Crippen LogP contribution in [0.2, 0.25) is 0 Å². The summed E-state index contributed by atoms with van der Waals surface area (Å²) in [5.41, 5.74) is -1.78. The second kappa shape index (κ2) is 6.60. The number of nitrogens with one attached hydrogen (secondary N) is 1. The van der Waals surface area contributed by atoms with Gasteiger partial charge in [0.25, 0.3) is 0 Å². The van der Waals surface area contributed by atoms with Crippen LogP contribution in [0.4, 0.5) is 18.9 Å². The van der Waals surface area contributed by atoms with E-state index in [1.54, 1.807) is 13.8 Å². The van der Waals surface area contributed by atoms with Crippen LogP contribution in [0, 0.1) is 5.92 Å². The summed E-state index contributed by atoms with van der Waals surface area (Å²) in [5.74, 6) is -2.24. The highest BCUT2D eigenvalue weighted by Crippen LogP contribution is 2.32. The van der Waals surface area contributed by atoms with Gasteiger partial charge in [0.15, 0.2) is 0 Å². The normalized spacial score (nSPS) is 11.5. The maximum absolute atomic E-state index is 12.6. The zero-order valence-corrected chi connectivity index (χ0v) is 11.6. The number of rotatable bonds is 5. The molecule has 0 aliphatic heterocycles.